The number of halogens is 1. The first kappa shape index (κ1) is 21.1. The van der Waals surface area contributed by atoms with Crippen LogP contribution in [0.1, 0.15) is 52.8 Å². The van der Waals surface area contributed by atoms with Crippen LogP contribution in [-0.4, -0.2) is 20.5 Å². The summed E-state index contributed by atoms with van der Waals surface area (Å²) in [7, 11) is 0. The van der Waals surface area contributed by atoms with Crippen LogP contribution in [0.3, 0.4) is 0 Å². The first-order chi connectivity index (χ1) is 16.2. The molecule has 0 fully saturated rings. The van der Waals surface area contributed by atoms with Gasteiger partial charge in [-0.25, -0.2) is 14.2 Å². The second kappa shape index (κ2) is 9.36. The van der Waals surface area contributed by atoms with Crippen molar-refractivity contribution in [3.63, 3.8) is 0 Å². The smallest absolute Gasteiger partial charge is 0.359 e. The van der Waals surface area contributed by atoms with Gasteiger partial charge in [-0.15, -0.1) is 0 Å². The number of esters is 1. The molecule has 2 aromatic heterocycles. The molecular formula is C27H24FN3O2. The zero-order valence-electron chi connectivity index (χ0n) is 18.2. The summed E-state index contributed by atoms with van der Waals surface area (Å²) < 4.78 is 22.1. The Hall–Kier alpha value is -3.80. The minimum atomic E-state index is -0.835. The standard InChI is InChI=1S/C27H24FN3O2/c28-21-13-9-12-20(18-21)25(22-14-6-7-16-29-22)33-27(32)24-23-15-5-2-8-17-31(23)26(30-24)19-10-3-1-4-11-19/h1,3-4,6-7,9-14,16,18,25H,2,5,8,15,17H2. The van der Waals surface area contributed by atoms with Gasteiger partial charge in [0.2, 0.25) is 0 Å². The molecule has 6 heteroatoms. The van der Waals surface area contributed by atoms with Crippen molar-refractivity contribution in [2.24, 2.45) is 0 Å². The molecule has 0 aliphatic carbocycles. The fraction of sp³-hybridized carbons (Fsp3) is 0.222. The summed E-state index contributed by atoms with van der Waals surface area (Å²) in [4.78, 5) is 22.6. The average molecular weight is 442 g/mol. The van der Waals surface area contributed by atoms with Gasteiger partial charge in [0.05, 0.1) is 11.4 Å². The minimum Gasteiger partial charge on any atom is -0.446 e. The molecule has 0 saturated carbocycles. The summed E-state index contributed by atoms with van der Waals surface area (Å²) in [6.45, 7) is 0.813. The van der Waals surface area contributed by atoms with E-state index in [0.717, 1.165) is 49.3 Å². The normalized spacial score (nSPS) is 14.2. The Kier molecular flexibility index (Phi) is 5.98. The van der Waals surface area contributed by atoms with Gasteiger partial charge in [0.15, 0.2) is 11.8 Å². The Bertz CT molecular complexity index is 1260. The number of hydrogen-bond acceptors (Lipinski definition) is 4. The van der Waals surface area contributed by atoms with E-state index in [0.29, 0.717) is 17.0 Å². The highest BCUT2D eigenvalue weighted by Gasteiger charge is 2.28. The van der Waals surface area contributed by atoms with Crippen molar-refractivity contribution in [1.82, 2.24) is 14.5 Å². The first-order valence-electron chi connectivity index (χ1n) is 11.2. The predicted molar refractivity (Wildman–Crippen MR) is 123 cm³/mol. The Morgan fingerprint density at radius 3 is 2.61 bits per heavy atom. The number of carbonyl (C=O) groups is 1. The number of benzene rings is 2. The molecule has 166 valence electrons. The van der Waals surface area contributed by atoms with Crippen molar-refractivity contribution in [2.75, 3.05) is 0 Å². The molecule has 5 nitrogen and oxygen atoms in total. The van der Waals surface area contributed by atoms with Gasteiger partial charge in [-0.05, 0) is 43.5 Å². The molecule has 1 unspecified atom stereocenters. The molecule has 2 aromatic carbocycles. The topological polar surface area (TPSA) is 57.0 Å². The molecule has 1 aliphatic rings. The van der Waals surface area contributed by atoms with Crippen LogP contribution in [0.25, 0.3) is 11.4 Å². The number of hydrogen-bond donors (Lipinski definition) is 0. The van der Waals surface area contributed by atoms with E-state index >= 15 is 0 Å². The Balaban J connectivity index is 1.55. The summed E-state index contributed by atoms with van der Waals surface area (Å²) in [5, 5.41) is 0. The van der Waals surface area contributed by atoms with E-state index in [4.69, 9.17) is 9.72 Å². The molecule has 0 amide bonds. The molecule has 0 bridgehead atoms. The molecule has 1 atom stereocenters. The van der Waals surface area contributed by atoms with Crippen LogP contribution < -0.4 is 0 Å². The van der Waals surface area contributed by atoms with Gasteiger partial charge in [-0.1, -0.05) is 55.0 Å². The molecule has 5 rings (SSSR count). The third kappa shape index (κ3) is 4.42. The van der Waals surface area contributed by atoms with Gasteiger partial charge in [-0.3, -0.25) is 4.98 Å². The van der Waals surface area contributed by atoms with Gasteiger partial charge in [-0.2, -0.15) is 0 Å². The van der Waals surface area contributed by atoms with E-state index < -0.39 is 17.9 Å². The summed E-state index contributed by atoms with van der Waals surface area (Å²) >= 11 is 0. The highest BCUT2D eigenvalue weighted by molar-refractivity contribution is 5.90. The number of ether oxygens (including phenoxy) is 1. The number of aromatic nitrogens is 3. The van der Waals surface area contributed by atoms with Crippen molar-refractivity contribution >= 4 is 5.97 Å². The fourth-order valence-corrected chi connectivity index (χ4v) is 4.35. The number of fused-ring (bicyclic) bond motifs is 1. The summed E-state index contributed by atoms with van der Waals surface area (Å²) in [5.74, 6) is -0.144. The highest BCUT2D eigenvalue weighted by atomic mass is 19.1. The molecule has 1 aliphatic heterocycles. The van der Waals surface area contributed by atoms with Crippen molar-refractivity contribution in [3.8, 4) is 11.4 Å². The van der Waals surface area contributed by atoms with Gasteiger partial charge in [0, 0.05) is 23.9 Å². The minimum absolute atomic E-state index is 0.327. The van der Waals surface area contributed by atoms with Crippen LogP contribution in [0.2, 0.25) is 0 Å². The maximum absolute atomic E-state index is 14.0. The number of rotatable bonds is 5. The lowest BCUT2D eigenvalue weighted by atomic mass is 10.1. The second-order valence-electron chi connectivity index (χ2n) is 8.15. The molecule has 4 aromatic rings. The molecule has 0 spiro atoms. The van der Waals surface area contributed by atoms with E-state index in [-0.39, 0.29) is 0 Å². The second-order valence-corrected chi connectivity index (χ2v) is 8.15. The van der Waals surface area contributed by atoms with Crippen LogP contribution in [0.5, 0.6) is 0 Å². The first-order valence-corrected chi connectivity index (χ1v) is 11.2. The zero-order valence-corrected chi connectivity index (χ0v) is 18.2. The maximum Gasteiger partial charge on any atom is 0.359 e. The Labute approximate surface area is 191 Å². The van der Waals surface area contributed by atoms with Crippen LogP contribution in [0.4, 0.5) is 4.39 Å². The van der Waals surface area contributed by atoms with E-state index in [1.165, 1.54) is 12.1 Å². The van der Waals surface area contributed by atoms with Crippen LogP contribution in [0.15, 0.2) is 79.0 Å². The molecule has 3 heterocycles. The summed E-state index contributed by atoms with van der Waals surface area (Å²) in [6, 6.07) is 21.3. The zero-order chi connectivity index (χ0) is 22.6. The van der Waals surface area contributed by atoms with Crippen molar-refractivity contribution in [2.45, 2.75) is 38.3 Å². The van der Waals surface area contributed by atoms with E-state index in [1.54, 1.807) is 30.5 Å². The highest BCUT2D eigenvalue weighted by Crippen LogP contribution is 2.30. The van der Waals surface area contributed by atoms with E-state index in [9.17, 15) is 9.18 Å². The lowest BCUT2D eigenvalue weighted by Crippen LogP contribution is -2.16. The SMILES string of the molecule is O=C(OC(c1cccc(F)c1)c1ccccn1)c1nc(-c2ccccc2)n2c1CCCCC2. The van der Waals surface area contributed by atoms with Crippen molar-refractivity contribution < 1.29 is 13.9 Å². The van der Waals surface area contributed by atoms with E-state index in [2.05, 4.69) is 9.55 Å². The predicted octanol–water partition coefficient (Wildman–Crippen LogP) is 5.76. The summed E-state index contributed by atoms with van der Waals surface area (Å²) in [5.41, 5.74) is 3.25. The van der Waals surface area contributed by atoms with Gasteiger partial charge < -0.3 is 9.30 Å². The van der Waals surface area contributed by atoms with E-state index in [1.807, 2.05) is 36.4 Å². The van der Waals surface area contributed by atoms with Crippen LogP contribution >= 0.6 is 0 Å². The Morgan fingerprint density at radius 1 is 0.970 bits per heavy atom. The van der Waals surface area contributed by atoms with Gasteiger partial charge in [0.25, 0.3) is 0 Å². The van der Waals surface area contributed by atoms with Crippen molar-refractivity contribution in [3.05, 3.63) is 107 Å². The number of nitrogens with zero attached hydrogens (tertiary/aromatic N) is 3. The fourth-order valence-electron chi connectivity index (χ4n) is 4.35. The largest absolute Gasteiger partial charge is 0.446 e. The third-order valence-electron chi connectivity index (χ3n) is 5.93. The molecular weight excluding hydrogens is 417 g/mol. The average Bonchev–Trinajstić information content (AvgIpc) is 3.04. The number of carbonyl (C=O) groups excluding carboxylic acids is 1. The van der Waals surface area contributed by atoms with Gasteiger partial charge in [0.1, 0.15) is 11.6 Å². The number of imidazole rings is 1. The number of pyridine rings is 1. The van der Waals surface area contributed by atoms with Crippen LogP contribution in [-0.2, 0) is 17.7 Å². The molecule has 33 heavy (non-hydrogen) atoms. The summed E-state index contributed by atoms with van der Waals surface area (Å²) in [6.07, 6.45) is 4.69. The maximum atomic E-state index is 14.0. The quantitative estimate of drug-likeness (QED) is 0.370. The lowest BCUT2D eigenvalue weighted by Gasteiger charge is -2.18. The molecule has 0 saturated heterocycles. The van der Waals surface area contributed by atoms with Gasteiger partial charge >= 0.3 is 5.97 Å². The Morgan fingerprint density at radius 2 is 1.82 bits per heavy atom. The van der Waals surface area contributed by atoms with Crippen molar-refractivity contribution in [1.29, 1.82) is 0 Å². The molecule has 0 radical (unpaired) electrons. The lowest BCUT2D eigenvalue weighted by molar-refractivity contribution is 0.0362. The molecule has 0 N–H and O–H groups in total. The van der Waals surface area contributed by atoms with Crippen LogP contribution in [0, 0.1) is 5.82 Å². The third-order valence-corrected chi connectivity index (χ3v) is 5.93. The monoisotopic (exact) mass is 441 g/mol.